The van der Waals surface area contributed by atoms with Gasteiger partial charge in [-0.05, 0) is 53.9 Å². The maximum Gasteiger partial charge on any atom is 0.407 e. The van der Waals surface area contributed by atoms with E-state index in [4.69, 9.17) is 9.84 Å². The summed E-state index contributed by atoms with van der Waals surface area (Å²) in [5.74, 6) is -1.27. The molecule has 2 amide bonds. The fourth-order valence-corrected chi connectivity index (χ4v) is 5.52. The molecule has 4 atom stereocenters. The number of rotatable bonds is 7. The number of hydrogen-bond donors (Lipinski definition) is 3. The average Bonchev–Trinajstić information content (AvgIpc) is 3.57. The number of aliphatic carboxylic acids is 1. The third-order valence-electron chi connectivity index (χ3n) is 7.49. The summed E-state index contributed by atoms with van der Waals surface area (Å²) >= 11 is 0. The van der Waals surface area contributed by atoms with Gasteiger partial charge in [-0.1, -0.05) is 55.0 Å². The second kappa shape index (κ2) is 9.49. The van der Waals surface area contributed by atoms with Crippen LogP contribution in [0.4, 0.5) is 4.79 Å². The van der Waals surface area contributed by atoms with E-state index in [2.05, 4.69) is 34.9 Å². The number of amides is 2. The monoisotopic (exact) mass is 462 g/mol. The van der Waals surface area contributed by atoms with E-state index in [9.17, 15) is 14.4 Å². The molecule has 0 aliphatic heterocycles. The van der Waals surface area contributed by atoms with E-state index in [0.29, 0.717) is 19.4 Å². The molecule has 0 spiro atoms. The Balaban J connectivity index is 1.11. The first-order valence-electron chi connectivity index (χ1n) is 12.1. The van der Waals surface area contributed by atoms with Crippen LogP contribution in [-0.4, -0.2) is 42.3 Å². The van der Waals surface area contributed by atoms with Crippen molar-refractivity contribution in [2.24, 2.45) is 17.8 Å². The van der Waals surface area contributed by atoms with Crippen LogP contribution in [0.3, 0.4) is 0 Å². The summed E-state index contributed by atoms with van der Waals surface area (Å²) in [5, 5.41) is 14.9. The third-order valence-corrected chi connectivity index (χ3v) is 7.49. The third kappa shape index (κ3) is 4.65. The average molecular weight is 463 g/mol. The highest BCUT2D eigenvalue weighted by Gasteiger charge is 2.43. The zero-order valence-electron chi connectivity index (χ0n) is 19.0. The zero-order valence-corrected chi connectivity index (χ0v) is 19.0. The van der Waals surface area contributed by atoms with Gasteiger partial charge in [0.05, 0.1) is 5.92 Å². The Hall–Kier alpha value is -3.35. The number of hydrogen-bond acceptors (Lipinski definition) is 4. The van der Waals surface area contributed by atoms with Crippen LogP contribution in [0.15, 0.2) is 48.5 Å². The second-order valence-electron chi connectivity index (χ2n) is 9.72. The Morgan fingerprint density at radius 1 is 0.941 bits per heavy atom. The zero-order chi connectivity index (χ0) is 23.7. The van der Waals surface area contributed by atoms with E-state index < -0.39 is 12.1 Å². The van der Waals surface area contributed by atoms with E-state index in [-0.39, 0.29) is 42.2 Å². The van der Waals surface area contributed by atoms with Gasteiger partial charge in [0.2, 0.25) is 5.91 Å². The van der Waals surface area contributed by atoms with Crippen molar-refractivity contribution in [2.75, 3.05) is 13.2 Å². The van der Waals surface area contributed by atoms with Crippen LogP contribution in [0, 0.1) is 17.8 Å². The van der Waals surface area contributed by atoms with Crippen LogP contribution in [0.25, 0.3) is 11.1 Å². The number of carboxylic acid groups (broad SMARTS) is 1. The standard InChI is InChI=1S/C27H30N2O5/c30-25(28-14-17-13-23(17)26(31)32)16-6-5-7-18(12-16)29-27(33)34-15-24-21-10-3-1-8-19(21)20-9-2-4-11-22(20)24/h1-4,8-11,16-18,23-24H,5-7,12-15H2,(H,28,30)(H,29,33)(H,31,32)/t16-,17-,18+,23-/m0/s1. The molecule has 2 aromatic rings. The predicted octanol–water partition coefficient (Wildman–Crippen LogP) is 3.92. The molecule has 3 aliphatic carbocycles. The molecule has 0 saturated heterocycles. The lowest BCUT2D eigenvalue weighted by Gasteiger charge is -2.29. The van der Waals surface area contributed by atoms with E-state index >= 15 is 0 Å². The lowest BCUT2D eigenvalue weighted by Crippen LogP contribution is -2.43. The molecule has 34 heavy (non-hydrogen) atoms. The number of carbonyl (C=O) groups excluding carboxylic acids is 2. The van der Waals surface area contributed by atoms with Crippen molar-refractivity contribution in [3.05, 3.63) is 59.7 Å². The fraction of sp³-hybridized carbons (Fsp3) is 0.444. The molecule has 0 bridgehead atoms. The van der Waals surface area contributed by atoms with E-state index in [0.717, 1.165) is 19.3 Å². The molecule has 0 unspecified atom stereocenters. The smallest absolute Gasteiger partial charge is 0.407 e. The van der Waals surface area contributed by atoms with Gasteiger partial charge >= 0.3 is 12.1 Å². The van der Waals surface area contributed by atoms with Crippen molar-refractivity contribution < 1.29 is 24.2 Å². The molecule has 2 saturated carbocycles. The van der Waals surface area contributed by atoms with Gasteiger partial charge in [-0.3, -0.25) is 9.59 Å². The summed E-state index contributed by atoms with van der Waals surface area (Å²) in [5.41, 5.74) is 4.72. The van der Waals surface area contributed by atoms with Crippen molar-refractivity contribution in [3.8, 4) is 11.1 Å². The molecule has 2 fully saturated rings. The Bertz CT molecular complexity index is 1050. The minimum atomic E-state index is -0.788. The highest BCUT2D eigenvalue weighted by atomic mass is 16.5. The minimum absolute atomic E-state index is 0.0140. The molecule has 7 nitrogen and oxygen atoms in total. The first-order valence-corrected chi connectivity index (χ1v) is 12.1. The Morgan fingerprint density at radius 3 is 2.26 bits per heavy atom. The molecular formula is C27H30N2O5. The molecule has 7 heteroatoms. The van der Waals surface area contributed by atoms with E-state index in [1.54, 1.807) is 0 Å². The van der Waals surface area contributed by atoms with E-state index in [1.807, 2.05) is 24.3 Å². The lowest BCUT2D eigenvalue weighted by molar-refractivity contribution is -0.139. The molecule has 3 aliphatic rings. The number of nitrogens with one attached hydrogen (secondary N) is 2. The van der Waals surface area contributed by atoms with Crippen LogP contribution in [0.2, 0.25) is 0 Å². The van der Waals surface area contributed by atoms with Crippen molar-refractivity contribution >= 4 is 18.0 Å². The quantitative estimate of drug-likeness (QED) is 0.579. The molecule has 0 heterocycles. The predicted molar refractivity (Wildman–Crippen MR) is 126 cm³/mol. The fourth-order valence-electron chi connectivity index (χ4n) is 5.52. The van der Waals surface area contributed by atoms with Crippen molar-refractivity contribution in [1.29, 1.82) is 0 Å². The summed E-state index contributed by atoms with van der Waals surface area (Å²) in [6, 6.07) is 16.4. The van der Waals surface area contributed by atoms with Crippen molar-refractivity contribution in [1.82, 2.24) is 10.6 Å². The molecule has 5 rings (SSSR count). The van der Waals surface area contributed by atoms with Crippen molar-refractivity contribution in [2.45, 2.75) is 44.1 Å². The number of carbonyl (C=O) groups is 3. The van der Waals surface area contributed by atoms with Gasteiger partial charge in [0.25, 0.3) is 0 Å². The summed E-state index contributed by atoms with van der Waals surface area (Å²) in [6.45, 7) is 0.680. The van der Waals surface area contributed by atoms with Gasteiger partial charge in [-0.25, -0.2) is 4.79 Å². The number of carboxylic acids is 1. The van der Waals surface area contributed by atoms with Gasteiger partial charge < -0.3 is 20.5 Å². The first-order chi connectivity index (χ1) is 16.5. The van der Waals surface area contributed by atoms with Crippen LogP contribution >= 0.6 is 0 Å². The molecular weight excluding hydrogens is 432 g/mol. The molecule has 178 valence electrons. The summed E-state index contributed by atoms with van der Waals surface area (Å²) in [7, 11) is 0. The second-order valence-corrected chi connectivity index (χ2v) is 9.72. The number of benzene rings is 2. The highest BCUT2D eigenvalue weighted by Crippen LogP contribution is 2.44. The Labute approximate surface area is 198 Å². The lowest BCUT2D eigenvalue weighted by atomic mass is 9.85. The number of fused-ring (bicyclic) bond motifs is 3. The summed E-state index contributed by atoms with van der Waals surface area (Å²) in [6.07, 6.45) is 3.21. The first kappa shape index (κ1) is 22.4. The van der Waals surface area contributed by atoms with Gasteiger partial charge in [-0.2, -0.15) is 0 Å². The largest absolute Gasteiger partial charge is 0.481 e. The molecule has 0 radical (unpaired) electrons. The van der Waals surface area contributed by atoms with Gasteiger partial charge in [0.15, 0.2) is 0 Å². The molecule has 3 N–H and O–H groups in total. The van der Waals surface area contributed by atoms with Crippen molar-refractivity contribution in [3.63, 3.8) is 0 Å². The topological polar surface area (TPSA) is 105 Å². The SMILES string of the molecule is O=C(N[C@@H]1CCC[C@H](C(=O)NC[C@@H]2C[C@@H]2C(=O)O)C1)OCC1c2ccccc2-c2ccccc21. The van der Waals surface area contributed by atoms with Crippen LogP contribution in [-0.2, 0) is 14.3 Å². The van der Waals surface area contributed by atoms with Crippen LogP contribution < -0.4 is 10.6 Å². The number of alkyl carbamates (subject to hydrolysis) is 1. The Kier molecular flexibility index (Phi) is 6.26. The van der Waals surface area contributed by atoms with Gasteiger partial charge in [0, 0.05) is 24.4 Å². The van der Waals surface area contributed by atoms with Crippen LogP contribution in [0.5, 0.6) is 0 Å². The van der Waals surface area contributed by atoms with E-state index in [1.165, 1.54) is 22.3 Å². The van der Waals surface area contributed by atoms with Gasteiger partial charge in [0.1, 0.15) is 6.61 Å². The normalized spacial score (nSPS) is 25.1. The summed E-state index contributed by atoms with van der Waals surface area (Å²) < 4.78 is 5.65. The maximum absolute atomic E-state index is 12.6. The number of ether oxygens (including phenoxy) is 1. The molecule has 0 aromatic heterocycles. The Morgan fingerprint density at radius 2 is 1.62 bits per heavy atom. The minimum Gasteiger partial charge on any atom is -0.481 e. The molecule has 2 aromatic carbocycles. The maximum atomic E-state index is 12.6. The van der Waals surface area contributed by atoms with Crippen LogP contribution in [0.1, 0.15) is 49.1 Å². The van der Waals surface area contributed by atoms with Gasteiger partial charge in [-0.15, -0.1) is 0 Å². The summed E-state index contributed by atoms with van der Waals surface area (Å²) in [4.78, 5) is 36.1. The highest BCUT2D eigenvalue weighted by molar-refractivity contribution is 5.80.